The molecule has 0 atom stereocenters. The molecule has 2 amide bonds. The number of fused-ring (bicyclic) bond motifs is 1. The van der Waals surface area contributed by atoms with Crippen LogP contribution in [-0.2, 0) is 11.3 Å². The van der Waals surface area contributed by atoms with Crippen molar-refractivity contribution in [3.05, 3.63) is 65.9 Å². The molecule has 6 nitrogen and oxygen atoms in total. The number of amides is 2. The number of carbonyl (C=O) groups is 2. The number of H-pyrrole nitrogens is 1. The number of benzene rings is 2. The number of hydrogen-bond donors (Lipinski definition) is 2. The maximum atomic E-state index is 12.3. The molecule has 30 heavy (non-hydrogen) atoms. The third kappa shape index (κ3) is 5.76. The number of alkyl halides is 3. The smallest absolute Gasteiger partial charge is 0.406 e. The summed E-state index contributed by atoms with van der Waals surface area (Å²) in [5.41, 5.74) is 1.52. The number of nitrogens with zero attached hydrogens (tertiary/aromatic N) is 1. The number of rotatable bonds is 7. The van der Waals surface area contributed by atoms with Gasteiger partial charge in [0.2, 0.25) is 5.91 Å². The topological polar surface area (TPSA) is 74.4 Å². The van der Waals surface area contributed by atoms with Crippen LogP contribution < -0.4 is 10.1 Å². The Kier molecular flexibility index (Phi) is 6.29. The molecule has 0 aliphatic heterocycles. The summed E-state index contributed by atoms with van der Waals surface area (Å²) >= 11 is 0. The number of halogens is 3. The summed E-state index contributed by atoms with van der Waals surface area (Å²) in [6, 6.07) is 14.8. The van der Waals surface area contributed by atoms with Crippen molar-refractivity contribution in [2.75, 3.05) is 13.6 Å². The average Bonchev–Trinajstić information content (AvgIpc) is 3.10. The molecule has 0 aliphatic rings. The predicted molar refractivity (Wildman–Crippen MR) is 105 cm³/mol. The second-order valence-corrected chi connectivity index (χ2v) is 6.72. The Hall–Kier alpha value is -3.49. The van der Waals surface area contributed by atoms with E-state index in [1.54, 1.807) is 11.9 Å². The van der Waals surface area contributed by atoms with Gasteiger partial charge in [-0.3, -0.25) is 9.59 Å². The van der Waals surface area contributed by atoms with Crippen LogP contribution in [0.2, 0.25) is 0 Å². The minimum atomic E-state index is -4.79. The fourth-order valence-electron chi connectivity index (χ4n) is 2.94. The molecule has 0 bridgehead atoms. The number of ether oxygens (including phenoxy) is 1. The van der Waals surface area contributed by atoms with E-state index >= 15 is 0 Å². The van der Waals surface area contributed by atoms with Gasteiger partial charge in [-0.15, -0.1) is 13.2 Å². The summed E-state index contributed by atoms with van der Waals surface area (Å²) < 4.78 is 40.9. The van der Waals surface area contributed by atoms with E-state index in [2.05, 4.69) is 15.0 Å². The van der Waals surface area contributed by atoms with Gasteiger partial charge >= 0.3 is 6.36 Å². The molecular weight excluding hydrogens is 399 g/mol. The fourth-order valence-corrected chi connectivity index (χ4v) is 2.94. The maximum absolute atomic E-state index is 12.3. The first kappa shape index (κ1) is 21.2. The minimum Gasteiger partial charge on any atom is -0.406 e. The van der Waals surface area contributed by atoms with Gasteiger partial charge < -0.3 is 19.9 Å². The van der Waals surface area contributed by atoms with E-state index < -0.39 is 12.3 Å². The Bertz CT molecular complexity index is 1030. The standard InChI is InChI=1S/C21H20F3N3O3/c1-27(13-14-5-3-2-4-6-14)19(28)9-10-25-20(29)18-11-15-7-8-16(12-17(15)26-18)30-21(22,23)24/h2-8,11-12,26H,9-10,13H2,1H3,(H,25,29). The molecule has 0 saturated heterocycles. The highest BCUT2D eigenvalue weighted by atomic mass is 19.4. The predicted octanol–water partition coefficient (Wildman–Crippen LogP) is 3.85. The summed E-state index contributed by atoms with van der Waals surface area (Å²) in [6.07, 6.45) is -4.67. The first-order valence-electron chi connectivity index (χ1n) is 9.16. The van der Waals surface area contributed by atoms with E-state index in [0.717, 1.165) is 5.56 Å². The summed E-state index contributed by atoms with van der Waals surface area (Å²) in [6.45, 7) is 0.604. The van der Waals surface area contributed by atoms with Crippen LogP contribution in [0.3, 0.4) is 0 Å². The quantitative estimate of drug-likeness (QED) is 0.611. The zero-order valence-electron chi connectivity index (χ0n) is 16.1. The van der Waals surface area contributed by atoms with E-state index in [0.29, 0.717) is 17.4 Å². The fraction of sp³-hybridized carbons (Fsp3) is 0.238. The average molecular weight is 419 g/mol. The van der Waals surface area contributed by atoms with Crippen LogP contribution in [0.1, 0.15) is 22.5 Å². The van der Waals surface area contributed by atoms with Crippen molar-refractivity contribution in [2.24, 2.45) is 0 Å². The van der Waals surface area contributed by atoms with E-state index in [1.165, 1.54) is 24.3 Å². The molecule has 9 heteroatoms. The molecule has 0 aliphatic carbocycles. The van der Waals surface area contributed by atoms with Gasteiger partial charge in [-0.05, 0) is 23.8 Å². The zero-order valence-corrected chi connectivity index (χ0v) is 16.1. The summed E-state index contributed by atoms with van der Waals surface area (Å²) in [5.74, 6) is -0.955. The Labute approximate surface area is 170 Å². The SMILES string of the molecule is CN(Cc1ccccc1)C(=O)CCNC(=O)c1cc2ccc(OC(F)(F)F)cc2[nH]1. The van der Waals surface area contributed by atoms with Crippen molar-refractivity contribution in [3.63, 3.8) is 0 Å². The first-order valence-corrected chi connectivity index (χ1v) is 9.16. The van der Waals surface area contributed by atoms with Crippen molar-refractivity contribution in [1.29, 1.82) is 0 Å². The summed E-state index contributed by atoms with van der Waals surface area (Å²) in [7, 11) is 1.69. The lowest BCUT2D eigenvalue weighted by molar-refractivity contribution is -0.274. The summed E-state index contributed by atoms with van der Waals surface area (Å²) in [4.78, 5) is 28.8. The maximum Gasteiger partial charge on any atom is 0.573 e. The molecule has 0 unspecified atom stereocenters. The van der Waals surface area contributed by atoms with Crippen LogP contribution >= 0.6 is 0 Å². The number of aromatic nitrogens is 1. The lowest BCUT2D eigenvalue weighted by Crippen LogP contribution is -2.32. The van der Waals surface area contributed by atoms with E-state index in [-0.39, 0.29) is 30.3 Å². The van der Waals surface area contributed by atoms with Crippen LogP contribution in [0.25, 0.3) is 10.9 Å². The number of carbonyl (C=O) groups excluding carboxylic acids is 2. The lowest BCUT2D eigenvalue weighted by atomic mass is 10.2. The molecule has 0 saturated carbocycles. The molecule has 1 heterocycles. The molecule has 2 N–H and O–H groups in total. The zero-order chi connectivity index (χ0) is 21.7. The van der Waals surface area contributed by atoms with Crippen LogP contribution in [-0.4, -0.2) is 41.7 Å². The Morgan fingerprint density at radius 2 is 1.83 bits per heavy atom. The van der Waals surface area contributed by atoms with Gasteiger partial charge in [0.05, 0.1) is 0 Å². The van der Waals surface area contributed by atoms with Gasteiger partial charge in [-0.25, -0.2) is 0 Å². The van der Waals surface area contributed by atoms with Gasteiger partial charge in [0.15, 0.2) is 0 Å². The molecule has 2 aromatic carbocycles. The third-order valence-corrected chi connectivity index (χ3v) is 4.38. The second-order valence-electron chi connectivity index (χ2n) is 6.72. The normalized spacial score (nSPS) is 11.3. The monoisotopic (exact) mass is 419 g/mol. The molecule has 3 rings (SSSR count). The Morgan fingerprint density at radius 3 is 2.53 bits per heavy atom. The second kappa shape index (κ2) is 8.89. The number of aromatic amines is 1. The highest BCUT2D eigenvalue weighted by molar-refractivity contribution is 5.98. The molecule has 3 aromatic rings. The number of nitrogens with one attached hydrogen (secondary N) is 2. The van der Waals surface area contributed by atoms with E-state index in [1.807, 2.05) is 30.3 Å². The van der Waals surface area contributed by atoms with Gasteiger partial charge in [0, 0.05) is 43.5 Å². The minimum absolute atomic E-state index is 0.121. The van der Waals surface area contributed by atoms with Gasteiger partial charge in [-0.1, -0.05) is 30.3 Å². The van der Waals surface area contributed by atoms with E-state index in [9.17, 15) is 22.8 Å². The molecule has 0 radical (unpaired) electrons. The largest absolute Gasteiger partial charge is 0.573 e. The highest BCUT2D eigenvalue weighted by Gasteiger charge is 2.31. The van der Waals surface area contributed by atoms with Gasteiger partial charge in [0.1, 0.15) is 11.4 Å². The van der Waals surface area contributed by atoms with Crippen molar-refractivity contribution < 1.29 is 27.5 Å². The van der Waals surface area contributed by atoms with Crippen molar-refractivity contribution in [1.82, 2.24) is 15.2 Å². The van der Waals surface area contributed by atoms with Gasteiger partial charge in [0.25, 0.3) is 5.91 Å². The highest BCUT2D eigenvalue weighted by Crippen LogP contribution is 2.26. The lowest BCUT2D eigenvalue weighted by Gasteiger charge is -2.17. The molecule has 158 valence electrons. The number of hydrogen-bond acceptors (Lipinski definition) is 3. The van der Waals surface area contributed by atoms with Crippen LogP contribution in [0.15, 0.2) is 54.6 Å². The summed E-state index contributed by atoms with van der Waals surface area (Å²) in [5, 5.41) is 3.20. The van der Waals surface area contributed by atoms with Crippen molar-refractivity contribution in [2.45, 2.75) is 19.3 Å². The Balaban J connectivity index is 1.53. The van der Waals surface area contributed by atoms with Crippen molar-refractivity contribution in [3.8, 4) is 5.75 Å². The first-order chi connectivity index (χ1) is 14.2. The third-order valence-electron chi connectivity index (χ3n) is 4.38. The Morgan fingerprint density at radius 1 is 1.10 bits per heavy atom. The molecule has 0 fully saturated rings. The van der Waals surface area contributed by atoms with Crippen LogP contribution in [0.4, 0.5) is 13.2 Å². The van der Waals surface area contributed by atoms with Gasteiger partial charge in [-0.2, -0.15) is 0 Å². The molecule has 0 spiro atoms. The van der Waals surface area contributed by atoms with Crippen LogP contribution in [0, 0.1) is 0 Å². The molecule has 1 aromatic heterocycles. The van der Waals surface area contributed by atoms with E-state index in [4.69, 9.17) is 0 Å². The van der Waals surface area contributed by atoms with Crippen LogP contribution in [0.5, 0.6) is 5.75 Å². The van der Waals surface area contributed by atoms with Crippen molar-refractivity contribution >= 4 is 22.7 Å². The molecular formula is C21H20F3N3O3.